The maximum atomic E-state index is 12.9. The molecule has 5 rings (SSSR count). The Morgan fingerprint density at radius 1 is 1.19 bits per heavy atom. The molecule has 0 spiro atoms. The summed E-state index contributed by atoms with van der Waals surface area (Å²) >= 11 is 0. The minimum Gasteiger partial charge on any atom is -0.390 e. The van der Waals surface area contributed by atoms with Crippen molar-refractivity contribution >= 4 is 5.91 Å². The number of ether oxygens (including phenoxy) is 2. The standard InChI is InChI=1S/C28H51N5O4/c1-19-25-9-11-33(15-21(25)6-7-26(19)36-17-24-14-29-18-37-24)16-23(34)13-31-28(35)20-8-10-30-27(12-20)32-22-4-2-3-5-22/h19-27,29-30,32,34H,2-18H2,1H3,(H,31,35)/t19?,20?,21?,23-,24?,25?,26?,27?/m0/s1. The van der Waals surface area contributed by atoms with Crippen molar-refractivity contribution in [3.05, 3.63) is 0 Å². The number of carbonyl (C=O) groups is 1. The SMILES string of the molecule is CC1C(OCC2CNCO2)CCC2CN(C[C@@H](O)CNC(=O)C3CCNC(NC4CCCC4)C3)CCC21. The number of fused-ring (bicyclic) bond motifs is 1. The first-order chi connectivity index (χ1) is 18.0. The van der Waals surface area contributed by atoms with E-state index in [4.69, 9.17) is 9.47 Å². The number of carbonyl (C=O) groups excluding carboxylic acids is 1. The van der Waals surface area contributed by atoms with E-state index < -0.39 is 6.10 Å². The van der Waals surface area contributed by atoms with Gasteiger partial charge in [0.2, 0.25) is 5.91 Å². The van der Waals surface area contributed by atoms with E-state index in [9.17, 15) is 9.90 Å². The van der Waals surface area contributed by atoms with E-state index in [-0.39, 0.29) is 24.1 Å². The summed E-state index contributed by atoms with van der Waals surface area (Å²) in [5.74, 6) is 2.06. The Kier molecular flexibility index (Phi) is 10.1. The Hall–Kier alpha value is -0.810. The number of aliphatic hydroxyl groups is 1. The number of rotatable bonds is 10. The highest BCUT2D eigenvalue weighted by Gasteiger charge is 2.41. The van der Waals surface area contributed by atoms with Crippen LogP contribution in [0.2, 0.25) is 0 Å². The third-order valence-corrected chi connectivity index (χ3v) is 9.80. The Labute approximate surface area is 223 Å². The minimum atomic E-state index is -0.522. The molecule has 5 fully saturated rings. The van der Waals surface area contributed by atoms with Gasteiger partial charge in [0.25, 0.3) is 0 Å². The lowest BCUT2D eigenvalue weighted by Crippen LogP contribution is -2.53. The summed E-state index contributed by atoms with van der Waals surface area (Å²) in [4.78, 5) is 15.3. The second kappa shape index (κ2) is 13.5. The smallest absolute Gasteiger partial charge is 0.223 e. The Morgan fingerprint density at radius 3 is 2.86 bits per heavy atom. The highest BCUT2D eigenvalue weighted by Crippen LogP contribution is 2.41. The number of likely N-dealkylation sites (tertiary alicyclic amines) is 1. The summed E-state index contributed by atoms with van der Waals surface area (Å²) in [5.41, 5.74) is 0. The summed E-state index contributed by atoms with van der Waals surface area (Å²) < 4.78 is 11.9. The fourth-order valence-corrected chi connectivity index (χ4v) is 7.62. The van der Waals surface area contributed by atoms with Crippen molar-refractivity contribution < 1.29 is 19.4 Å². The molecule has 212 valence electrons. The van der Waals surface area contributed by atoms with Crippen molar-refractivity contribution in [2.45, 2.75) is 95.2 Å². The van der Waals surface area contributed by atoms with Crippen LogP contribution in [0.5, 0.6) is 0 Å². The fourth-order valence-electron chi connectivity index (χ4n) is 7.62. The monoisotopic (exact) mass is 521 g/mol. The van der Waals surface area contributed by atoms with Gasteiger partial charge in [0.15, 0.2) is 0 Å². The summed E-state index contributed by atoms with van der Waals surface area (Å²) in [6.45, 7) is 8.51. The van der Waals surface area contributed by atoms with Gasteiger partial charge in [-0.3, -0.25) is 15.4 Å². The first-order valence-corrected chi connectivity index (χ1v) is 15.2. The molecule has 37 heavy (non-hydrogen) atoms. The molecule has 1 amide bonds. The van der Waals surface area contributed by atoms with Crippen molar-refractivity contribution in [3.8, 4) is 0 Å². The zero-order valence-corrected chi connectivity index (χ0v) is 22.8. The molecule has 3 heterocycles. The van der Waals surface area contributed by atoms with Crippen LogP contribution < -0.4 is 21.3 Å². The van der Waals surface area contributed by atoms with E-state index >= 15 is 0 Å². The number of amides is 1. The summed E-state index contributed by atoms with van der Waals surface area (Å²) in [6, 6.07) is 0.597. The molecule has 0 aromatic rings. The molecule has 0 radical (unpaired) electrons. The number of aliphatic hydroxyl groups excluding tert-OH is 1. The molecule has 0 bridgehead atoms. The minimum absolute atomic E-state index is 0.0264. The molecule has 2 aliphatic carbocycles. The van der Waals surface area contributed by atoms with Crippen LogP contribution >= 0.6 is 0 Å². The summed E-state index contributed by atoms with van der Waals surface area (Å²) in [6.07, 6.45) is 10.5. The van der Waals surface area contributed by atoms with Crippen molar-refractivity contribution in [3.63, 3.8) is 0 Å². The van der Waals surface area contributed by atoms with Crippen LogP contribution in [0.15, 0.2) is 0 Å². The summed E-state index contributed by atoms with van der Waals surface area (Å²) in [5, 5.41) is 24.3. The molecule has 5 N–H and O–H groups in total. The van der Waals surface area contributed by atoms with Gasteiger partial charge in [-0.05, 0) is 75.8 Å². The fraction of sp³-hybridized carbons (Fsp3) is 0.964. The van der Waals surface area contributed by atoms with Crippen molar-refractivity contribution in [2.24, 2.45) is 23.7 Å². The molecule has 7 unspecified atom stereocenters. The third-order valence-electron chi connectivity index (χ3n) is 9.80. The predicted molar refractivity (Wildman–Crippen MR) is 143 cm³/mol. The second-order valence-corrected chi connectivity index (χ2v) is 12.4. The molecular formula is C28H51N5O4. The lowest BCUT2D eigenvalue weighted by Gasteiger charge is -2.47. The molecule has 5 aliphatic rings. The van der Waals surface area contributed by atoms with Gasteiger partial charge in [-0.2, -0.15) is 0 Å². The number of nitrogens with one attached hydrogen (secondary N) is 4. The first-order valence-electron chi connectivity index (χ1n) is 15.2. The number of nitrogens with zero attached hydrogens (tertiary/aromatic N) is 1. The van der Waals surface area contributed by atoms with Crippen molar-refractivity contribution in [2.75, 3.05) is 52.6 Å². The molecule has 9 heteroatoms. The molecule has 3 aliphatic heterocycles. The van der Waals surface area contributed by atoms with Crippen molar-refractivity contribution in [1.29, 1.82) is 0 Å². The molecule has 9 nitrogen and oxygen atoms in total. The van der Waals surface area contributed by atoms with Crippen LogP contribution in [0.25, 0.3) is 0 Å². The van der Waals surface area contributed by atoms with Crippen molar-refractivity contribution in [1.82, 2.24) is 26.2 Å². The third kappa shape index (κ3) is 7.65. The van der Waals surface area contributed by atoms with Crippen LogP contribution in [-0.2, 0) is 14.3 Å². The van der Waals surface area contributed by atoms with E-state index in [0.29, 0.717) is 56.3 Å². The average Bonchev–Trinajstić information content (AvgIpc) is 3.62. The maximum absolute atomic E-state index is 12.9. The maximum Gasteiger partial charge on any atom is 0.223 e. The van der Waals surface area contributed by atoms with Crippen LogP contribution in [-0.4, -0.2) is 99.0 Å². The lowest BCUT2D eigenvalue weighted by atomic mass is 9.68. The van der Waals surface area contributed by atoms with E-state index in [1.54, 1.807) is 0 Å². The van der Waals surface area contributed by atoms with Crippen LogP contribution in [0, 0.1) is 23.7 Å². The number of piperidine rings is 2. The van der Waals surface area contributed by atoms with E-state index in [2.05, 4.69) is 33.1 Å². The largest absolute Gasteiger partial charge is 0.390 e. The zero-order chi connectivity index (χ0) is 25.6. The normalized spacial score (nSPS) is 38.4. The highest BCUT2D eigenvalue weighted by molar-refractivity contribution is 5.78. The van der Waals surface area contributed by atoms with Crippen LogP contribution in [0.3, 0.4) is 0 Å². The number of β-amino-alcohol motifs (C(OH)–C–C–N with tert-alkyl or cyclic N) is 1. The van der Waals surface area contributed by atoms with Crippen LogP contribution in [0.4, 0.5) is 0 Å². The zero-order valence-electron chi connectivity index (χ0n) is 22.8. The van der Waals surface area contributed by atoms with Crippen LogP contribution in [0.1, 0.15) is 64.7 Å². The first kappa shape index (κ1) is 27.7. The Bertz CT molecular complexity index is 717. The highest BCUT2D eigenvalue weighted by atomic mass is 16.5. The van der Waals surface area contributed by atoms with Gasteiger partial charge < -0.3 is 30.1 Å². The van der Waals surface area contributed by atoms with Gasteiger partial charge in [-0.15, -0.1) is 0 Å². The predicted octanol–water partition coefficient (Wildman–Crippen LogP) is 1.02. The number of hydrogen-bond donors (Lipinski definition) is 5. The van der Waals surface area contributed by atoms with E-state index in [0.717, 1.165) is 51.9 Å². The molecular weight excluding hydrogens is 470 g/mol. The topological polar surface area (TPSA) is 107 Å². The summed E-state index contributed by atoms with van der Waals surface area (Å²) in [7, 11) is 0. The average molecular weight is 522 g/mol. The number of hydrogen-bond acceptors (Lipinski definition) is 8. The van der Waals surface area contributed by atoms with Gasteiger partial charge in [0.1, 0.15) is 0 Å². The molecule has 2 saturated carbocycles. The van der Waals surface area contributed by atoms with Gasteiger partial charge >= 0.3 is 0 Å². The van der Waals surface area contributed by atoms with Gasteiger partial charge in [0, 0.05) is 38.1 Å². The van der Waals surface area contributed by atoms with Gasteiger partial charge in [-0.1, -0.05) is 19.8 Å². The quantitative estimate of drug-likeness (QED) is 0.290. The van der Waals surface area contributed by atoms with Gasteiger partial charge in [0.05, 0.1) is 37.8 Å². The lowest BCUT2D eigenvalue weighted by molar-refractivity contribution is -0.126. The molecule has 3 saturated heterocycles. The molecule has 0 aromatic carbocycles. The Balaban J connectivity index is 0.989. The Morgan fingerprint density at radius 2 is 2.05 bits per heavy atom. The molecule has 0 aromatic heterocycles. The molecule has 8 atom stereocenters. The van der Waals surface area contributed by atoms with E-state index in [1.165, 1.54) is 32.1 Å². The van der Waals surface area contributed by atoms with E-state index in [1.807, 2.05) is 0 Å². The van der Waals surface area contributed by atoms with Gasteiger partial charge in [-0.25, -0.2) is 0 Å². The second-order valence-electron chi connectivity index (χ2n) is 12.4.